The van der Waals surface area contributed by atoms with Crippen molar-refractivity contribution in [2.75, 3.05) is 25.1 Å². The largest absolute Gasteiger partial charge is 0.468 e. The summed E-state index contributed by atoms with van der Waals surface area (Å²) in [6.07, 6.45) is 0.206. The summed E-state index contributed by atoms with van der Waals surface area (Å²) >= 11 is 0. The summed E-state index contributed by atoms with van der Waals surface area (Å²) in [4.78, 5) is 41.7. The summed E-state index contributed by atoms with van der Waals surface area (Å²) in [7, 11) is 1.30. The number of anilines is 1. The Morgan fingerprint density at radius 1 is 1.15 bits per heavy atom. The maximum absolute atomic E-state index is 13.7. The van der Waals surface area contributed by atoms with Gasteiger partial charge in [-0.15, -0.1) is 0 Å². The topological polar surface area (TPSA) is 84.9 Å². The first-order valence-corrected chi connectivity index (χ1v) is 12.0. The van der Waals surface area contributed by atoms with Crippen molar-refractivity contribution in [3.8, 4) is 0 Å². The van der Waals surface area contributed by atoms with Crippen LogP contribution in [0.4, 0.5) is 5.69 Å². The van der Waals surface area contributed by atoms with Gasteiger partial charge in [0, 0.05) is 41.7 Å². The van der Waals surface area contributed by atoms with Gasteiger partial charge in [-0.1, -0.05) is 19.1 Å². The molecule has 0 bridgehead atoms. The Hall–Kier alpha value is -3.09. The molecule has 3 rings (SSSR count). The molecule has 2 aliphatic rings. The maximum Gasteiger partial charge on any atom is 0.337 e. The lowest BCUT2D eigenvalue weighted by Gasteiger charge is -2.38. The van der Waals surface area contributed by atoms with Crippen LogP contribution < -0.4 is 10.2 Å². The Morgan fingerprint density at radius 3 is 2.29 bits per heavy atom. The van der Waals surface area contributed by atoms with Crippen LogP contribution in [0.25, 0.3) is 0 Å². The number of nitrogens with one attached hydrogen (secondary N) is 1. The lowest BCUT2D eigenvalue weighted by molar-refractivity contribution is -0.151. The van der Waals surface area contributed by atoms with Crippen molar-refractivity contribution in [1.29, 1.82) is 0 Å². The van der Waals surface area contributed by atoms with Crippen LogP contribution in [0.3, 0.4) is 0 Å². The predicted molar refractivity (Wildman–Crippen MR) is 131 cm³/mol. The van der Waals surface area contributed by atoms with E-state index < -0.39 is 23.8 Å². The molecule has 1 aromatic rings. The first-order chi connectivity index (χ1) is 16.1. The minimum Gasteiger partial charge on any atom is -0.468 e. The fourth-order valence-corrected chi connectivity index (χ4v) is 5.03. The number of carbonyl (C=O) groups is 3. The van der Waals surface area contributed by atoms with E-state index in [1.807, 2.05) is 38.1 Å². The second kappa shape index (κ2) is 10.5. The van der Waals surface area contributed by atoms with Crippen molar-refractivity contribution in [3.63, 3.8) is 0 Å². The molecule has 0 fully saturated rings. The highest BCUT2D eigenvalue weighted by atomic mass is 16.5. The van der Waals surface area contributed by atoms with Gasteiger partial charge in [0.1, 0.15) is 5.92 Å². The number of allylic oxidation sites excluding steroid dienone is 3. The molecule has 184 valence electrons. The molecule has 0 saturated heterocycles. The molecule has 7 nitrogen and oxygen atoms in total. The number of esters is 2. The van der Waals surface area contributed by atoms with Gasteiger partial charge in [-0.3, -0.25) is 9.59 Å². The lowest BCUT2D eigenvalue weighted by Crippen LogP contribution is -2.43. The van der Waals surface area contributed by atoms with E-state index in [0.29, 0.717) is 23.3 Å². The summed E-state index contributed by atoms with van der Waals surface area (Å²) in [5.41, 5.74) is 4.15. The van der Waals surface area contributed by atoms with Crippen LogP contribution in [0.5, 0.6) is 0 Å². The predicted octanol–water partition coefficient (Wildman–Crippen LogP) is 4.10. The van der Waals surface area contributed by atoms with Crippen molar-refractivity contribution in [2.45, 2.75) is 60.0 Å². The number of hydrogen-bond donors (Lipinski definition) is 1. The van der Waals surface area contributed by atoms with Crippen molar-refractivity contribution in [3.05, 3.63) is 52.4 Å². The van der Waals surface area contributed by atoms with Crippen molar-refractivity contribution < 1.29 is 23.9 Å². The molecule has 0 amide bonds. The van der Waals surface area contributed by atoms with Gasteiger partial charge in [0.15, 0.2) is 5.78 Å². The van der Waals surface area contributed by atoms with E-state index >= 15 is 0 Å². The Balaban J connectivity index is 2.15. The van der Waals surface area contributed by atoms with Gasteiger partial charge in [-0.2, -0.15) is 0 Å². The zero-order valence-corrected chi connectivity index (χ0v) is 21.2. The Labute approximate surface area is 202 Å². The lowest BCUT2D eigenvalue weighted by atomic mass is 9.69. The Kier molecular flexibility index (Phi) is 7.85. The highest BCUT2D eigenvalue weighted by Crippen LogP contribution is 2.45. The summed E-state index contributed by atoms with van der Waals surface area (Å²) in [6, 6.07) is 7.95. The van der Waals surface area contributed by atoms with Crippen LogP contribution >= 0.6 is 0 Å². The fraction of sp³-hybridized carbons (Fsp3) is 0.519. The molecule has 34 heavy (non-hydrogen) atoms. The Bertz CT molecular complexity index is 1020. The molecule has 1 aliphatic carbocycles. The molecule has 0 spiro atoms. The van der Waals surface area contributed by atoms with E-state index in [0.717, 1.165) is 30.0 Å². The molecule has 7 heteroatoms. The number of nitrogens with zero attached hydrogens (tertiary/aromatic N) is 1. The second-order valence-corrected chi connectivity index (χ2v) is 9.25. The molecular weight excluding hydrogens is 432 g/mol. The molecule has 0 unspecified atom stereocenters. The fourth-order valence-electron chi connectivity index (χ4n) is 5.03. The SMILES string of the molecule is CCN(CC)c1ccc([C@H]2C(C(=O)OC(C)C)=C(C)NC3=C2C(=O)[C@@H](C(=O)OC)[C@@H](C)C3)cc1. The standard InChI is InChI=1S/C27H36N2O5/c1-8-29(9-2)19-12-10-18(11-13-19)23-22(27(32)34-15(3)4)17(6)28-20-14-16(5)21(26(31)33-7)25(30)24(20)23/h10-13,15-16,21,23,28H,8-9,14H2,1-7H3/t16-,21-,23-/m0/s1. The van der Waals surface area contributed by atoms with E-state index in [4.69, 9.17) is 9.47 Å². The summed E-state index contributed by atoms with van der Waals surface area (Å²) in [6.45, 7) is 13.2. The average Bonchev–Trinajstić information content (AvgIpc) is 2.78. The number of hydrogen-bond acceptors (Lipinski definition) is 7. The van der Waals surface area contributed by atoms with Crippen molar-refractivity contribution >= 4 is 23.4 Å². The quantitative estimate of drug-likeness (QED) is 0.476. The van der Waals surface area contributed by atoms with E-state index in [2.05, 4.69) is 24.1 Å². The molecule has 1 N–H and O–H groups in total. The Morgan fingerprint density at radius 2 is 1.76 bits per heavy atom. The van der Waals surface area contributed by atoms with Crippen LogP contribution in [0, 0.1) is 11.8 Å². The minimum absolute atomic E-state index is 0.214. The number of dihydropyridines is 1. The number of benzene rings is 1. The number of methoxy groups -OCH3 is 1. The third-order valence-corrected chi connectivity index (χ3v) is 6.66. The molecule has 0 saturated carbocycles. The zero-order valence-electron chi connectivity index (χ0n) is 21.2. The number of ether oxygens (including phenoxy) is 2. The molecular formula is C27H36N2O5. The van der Waals surface area contributed by atoms with Crippen LogP contribution in [0.2, 0.25) is 0 Å². The monoisotopic (exact) mass is 468 g/mol. The highest BCUT2D eigenvalue weighted by molar-refractivity contribution is 6.12. The number of carbonyl (C=O) groups excluding carboxylic acids is 3. The summed E-state index contributed by atoms with van der Waals surface area (Å²) in [5.74, 6) is -3.05. The van der Waals surface area contributed by atoms with Gasteiger partial charge in [0.2, 0.25) is 0 Å². The van der Waals surface area contributed by atoms with Gasteiger partial charge in [-0.05, 0) is 64.7 Å². The number of ketones is 1. The summed E-state index contributed by atoms with van der Waals surface area (Å²) in [5, 5.41) is 3.29. The highest BCUT2D eigenvalue weighted by Gasteiger charge is 2.47. The van der Waals surface area contributed by atoms with Gasteiger partial charge in [-0.25, -0.2) is 4.79 Å². The molecule has 1 aromatic carbocycles. The normalized spacial score (nSPS) is 22.4. The van der Waals surface area contributed by atoms with Crippen LogP contribution in [0.15, 0.2) is 46.8 Å². The van der Waals surface area contributed by atoms with Gasteiger partial charge >= 0.3 is 11.9 Å². The van der Waals surface area contributed by atoms with E-state index in [1.54, 1.807) is 13.8 Å². The van der Waals surface area contributed by atoms with Gasteiger partial charge < -0.3 is 19.7 Å². The van der Waals surface area contributed by atoms with E-state index in [-0.39, 0.29) is 17.8 Å². The van der Waals surface area contributed by atoms with Gasteiger partial charge in [0.05, 0.1) is 18.8 Å². The summed E-state index contributed by atoms with van der Waals surface area (Å²) < 4.78 is 10.5. The smallest absolute Gasteiger partial charge is 0.337 e. The van der Waals surface area contributed by atoms with E-state index in [9.17, 15) is 14.4 Å². The van der Waals surface area contributed by atoms with Crippen molar-refractivity contribution in [2.24, 2.45) is 11.8 Å². The molecule has 3 atom stereocenters. The number of Topliss-reactive ketones (excluding diaryl/α,β-unsaturated/α-hetero) is 1. The first kappa shape index (κ1) is 25.5. The second-order valence-electron chi connectivity index (χ2n) is 9.25. The minimum atomic E-state index is -0.899. The first-order valence-electron chi connectivity index (χ1n) is 12.0. The van der Waals surface area contributed by atoms with Crippen LogP contribution in [0.1, 0.15) is 59.4 Å². The van der Waals surface area contributed by atoms with Crippen LogP contribution in [-0.2, 0) is 23.9 Å². The molecule has 0 aromatic heterocycles. The van der Waals surface area contributed by atoms with E-state index in [1.165, 1.54) is 7.11 Å². The van der Waals surface area contributed by atoms with Crippen LogP contribution in [-0.4, -0.2) is 44.0 Å². The molecule has 0 radical (unpaired) electrons. The third kappa shape index (κ3) is 4.74. The maximum atomic E-state index is 13.7. The average molecular weight is 469 g/mol. The number of rotatable bonds is 7. The third-order valence-electron chi connectivity index (χ3n) is 6.66. The molecule has 1 aliphatic heterocycles. The zero-order chi connectivity index (χ0) is 25.2. The van der Waals surface area contributed by atoms with Crippen molar-refractivity contribution in [1.82, 2.24) is 5.32 Å². The van der Waals surface area contributed by atoms with Gasteiger partial charge in [0.25, 0.3) is 0 Å². The molecule has 1 heterocycles.